The van der Waals surface area contributed by atoms with E-state index in [1.54, 1.807) is 36.4 Å². The van der Waals surface area contributed by atoms with Crippen LogP contribution in [-0.4, -0.2) is 16.8 Å². The van der Waals surface area contributed by atoms with Crippen LogP contribution >= 0.6 is 11.6 Å². The summed E-state index contributed by atoms with van der Waals surface area (Å²) in [5.74, 6) is -1.70. The lowest BCUT2D eigenvalue weighted by Gasteiger charge is -2.10. The Morgan fingerprint density at radius 2 is 1.50 bits per heavy atom. The van der Waals surface area contributed by atoms with Crippen molar-refractivity contribution < 1.29 is 14.0 Å². The number of aromatic nitrogens is 1. The molecule has 3 rings (SSSR count). The average Bonchev–Trinajstić information content (AvgIpc) is 2.62. The zero-order chi connectivity index (χ0) is 18.5. The summed E-state index contributed by atoms with van der Waals surface area (Å²) in [5.41, 5.74) is 1.08. The van der Waals surface area contributed by atoms with Crippen molar-refractivity contribution in [3.63, 3.8) is 0 Å². The first-order valence-corrected chi connectivity index (χ1v) is 7.99. The Morgan fingerprint density at radius 1 is 0.885 bits per heavy atom. The molecule has 130 valence electrons. The maximum atomic E-state index is 13.8. The lowest BCUT2D eigenvalue weighted by atomic mass is 10.2. The molecule has 1 heterocycles. The second-order valence-electron chi connectivity index (χ2n) is 5.32. The number of nitrogens with one attached hydrogen (secondary N) is 2. The summed E-state index contributed by atoms with van der Waals surface area (Å²) in [6.07, 6.45) is 3.04. The second kappa shape index (κ2) is 7.76. The third-order valence-electron chi connectivity index (χ3n) is 3.51. The zero-order valence-corrected chi connectivity index (χ0v) is 14.1. The molecule has 0 saturated heterocycles. The number of nitrogens with zero attached hydrogens (tertiary/aromatic N) is 1. The minimum Gasteiger partial charge on any atom is -0.322 e. The van der Waals surface area contributed by atoms with Crippen molar-refractivity contribution in [2.75, 3.05) is 10.6 Å². The minimum atomic E-state index is -0.711. The zero-order valence-electron chi connectivity index (χ0n) is 13.4. The van der Waals surface area contributed by atoms with Gasteiger partial charge in [0.15, 0.2) is 0 Å². The van der Waals surface area contributed by atoms with E-state index in [-0.39, 0.29) is 16.5 Å². The van der Waals surface area contributed by atoms with Gasteiger partial charge in [-0.2, -0.15) is 0 Å². The molecule has 2 aromatic carbocycles. The number of hydrogen-bond acceptors (Lipinski definition) is 3. The van der Waals surface area contributed by atoms with E-state index in [1.165, 1.54) is 24.5 Å². The highest BCUT2D eigenvalue weighted by molar-refractivity contribution is 6.34. The SMILES string of the molecule is O=C(Nc1cccc(NC(=O)c2c(F)cccc2Cl)c1)c1ccncc1. The highest BCUT2D eigenvalue weighted by Gasteiger charge is 2.16. The maximum Gasteiger partial charge on any atom is 0.260 e. The molecular formula is C19H13ClFN3O2. The van der Waals surface area contributed by atoms with Crippen LogP contribution in [0.5, 0.6) is 0 Å². The predicted octanol–water partition coefficient (Wildman–Crippen LogP) is 4.38. The van der Waals surface area contributed by atoms with Gasteiger partial charge < -0.3 is 10.6 Å². The monoisotopic (exact) mass is 369 g/mol. The molecule has 0 fully saturated rings. The van der Waals surface area contributed by atoms with Gasteiger partial charge in [0, 0.05) is 29.3 Å². The van der Waals surface area contributed by atoms with Crippen molar-refractivity contribution in [2.24, 2.45) is 0 Å². The molecule has 0 aliphatic heterocycles. The van der Waals surface area contributed by atoms with Crippen molar-refractivity contribution in [1.29, 1.82) is 0 Å². The topological polar surface area (TPSA) is 71.1 Å². The highest BCUT2D eigenvalue weighted by atomic mass is 35.5. The molecule has 2 N–H and O–H groups in total. The molecule has 0 radical (unpaired) electrons. The Kier molecular flexibility index (Phi) is 5.24. The van der Waals surface area contributed by atoms with Gasteiger partial charge in [0.1, 0.15) is 5.82 Å². The number of rotatable bonds is 4. The van der Waals surface area contributed by atoms with E-state index >= 15 is 0 Å². The first-order valence-electron chi connectivity index (χ1n) is 7.61. The van der Waals surface area contributed by atoms with Gasteiger partial charge in [0.2, 0.25) is 0 Å². The van der Waals surface area contributed by atoms with Gasteiger partial charge in [0.05, 0.1) is 10.6 Å². The largest absolute Gasteiger partial charge is 0.322 e. The van der Waals surface area contributed by atoms with Crippen LogP contribution in [0, 0.1) is 5.82 Å². The number of benzene rings is 2. The van der Waals surface area contributed by atoms with Crippen LogP contribution in [0.1, 0.15) is 20.7 Å². The third kappa shape index (κ3) is 4.04. The fraction of sp³-hybridized carbons (Fsp3) is 0. The van der Waals surface area contributed by atoms with Crippen LogP contribution in [0.2, 0.25) is 5.02 Å². The molecule has 2 amide bonds. The van der Waals surface area contributed by atoms with Gasteiger partial charge in [-0.05, 0) is 42.5 Å². The molecule has 26 heavy (non-hydrogen) atoms. The Labute approximate surface area is 153 Å². The minimum absolute atomic E-state index is 0.0182. The van der Waals surface area contributed by atoms with E-state index < -0.39 is 11.7 Å². The summed E-state index contributed by atoms with van der Waals surface area (Å²) in [4.78, 5) is 28.3. The van der Waals surface area contributed by atoms with Gasteiger partial charge in [-0.25, -0.2) is 4.39 Å². The van der Waals surface area contributed by atoms with E-state index in [0.717, 1.165) is 6.07 Å². The Morgan fingerprint density at radius 3 is 2.15 bits per heavy atom. The Hall–Kier alpha value is -3.25. The standard InChI is InChI=1S/C19H13ClFN3O2/c20-15-5-2-6-16(21)17(15)19(26)24-14-4-1-3-13(11-14)23-18(25)12-7-9-22-10-8-12/h1-11H,(H,23,25)(H,24,26). The number of carbonyl (C=O) groups is 2. The molecule has 0 spiro atoms. The fourth-order valence-electron chi connectivity index (χ4n) is 2.29. The normalized spacial score (nSPS) is 10.2. The Bertz CT molecular complexity index is 944. The van der Waals surface area contributed by atoms with E-state index in [4.69, 9.17) is 11.6 Å². The van der Waals surface area contributed by atoms with Gasteiger partial charge in [0.25, 0.3) is 11.8 Å². The van der Waals surface area contributed by atoms with E-state index in [0.29, 0.717) is 16.9 Å². The van der Waals surface area contributed by atoms with Crippen LogP contribution < -0.4 is 10.6 Å². The van der Waals surface area contributed by atoms with Gasteiger partial charge in [-0.1, -0.05) is 23.7 Å². The first kappa shape index (κ1) is 17.6. The van der Waals surface area contributed by atoms with Gasteiger partial charge in [-0.3, -0.25) is 14.6 Å². The Balaban J connectivity index is 1.75. The number of carbonyl (C=O) groups excluding carboxylic acids is 2. The van der Waals surface area contributed by atoms with Crippen molar-refractivity contribution in [3.05, 3.63) is 89.0 Å². The molecular weight excluding hydrogens is 357 g/mol. The van der Waals surface area contributed by atoms with Gasteiger partial charge >= 0.3 is 0 Å². The molecule has 3 aromatic rings. The number of anilines is 2. The van der Waals surface area contributed by atoms with Crippen LogP contribution in [0.25, 0.3) is 0 Å². The molecule has 1 aromatic heterocycles. The second-order valence-corrected chi connectivity index (χ2v) is 5.73. The predicted molar refractivity (Wildman–Crippen MR) is 98.0 cm³/mol. The summed E-state index contributed by atoms with van der Waals surface area (Å²) in [6, 6.07) is 13.7. The molecule has 0 unspecified atom stereocenters. The fourth-order valence-corrected chi connectivity index (χ4v) is 2.54. The molecule has 7 heteroatoms. The molecule has 0 atom stereocenters. The quantitative estimate of drug-likeness (QED) is 0.717. The summed E-state index contributed by atoms with van der Waals surface area (Å²) >= 11 is 5.90. The smallest absolute Gasteiger partial charge is 0.260 e. The average molecular weight is 370 g/mol. The van der Waals surface area contributed by atoms with Crippen LogP contribution in [0.4, 0.5) is 15.8 Å². The lowest BCUT2D eigenvalue weighted by Crippen LogP contribution is -2.15. The van der Waals surface area contributed by atoms with Crippen LogP contribution in [0.15, 0.2) is 67.0 Å². The number of halogens is 2. The van der Waals surface area contributed by atoms with Crippen LogP contribution in [0.3, 0.4) is 0 Å². The third-order valence-corrected chi connectivity index (χ3v) is 3.83. The number of pyridine rings is 1. The summed E-state index contributed by atoms with van der Waals surface area (Å²) < 4.78 is 13.8. The molecule has 0 aliphatic carbocycles. The number of hydrogen-bond donors (Lipinski definition) is 2. The summed E-state index contributed by atoms with van der Waals surface area (Å²) in [7, 11) is 0. The number of amides is 2. The highest BCUT2D eigenvalue weighted by Crippen LogP contribution is 2.22. The van der Waals surface area contributed by atoms with E-state index in [2.05, 4.69) is 15.6 Å². The van der Waals surface area contributed by atoms with Gasteiger partial charge in [-0.15, -0.1) is 0 Å². The van der Waals surface area contributed by atoms with E-state index in [1.807, 2.05) is 0 Å². The molecule has 0 aliphatic rings. The summed E-state index contributed by atoms with van der Waals surface area (Å²) in [6.45, 7) is 0. The molecule has 5 nitrogen and oxygen atoms in total. The molecule has 0 bridgehead atoms. The maximum absolute atomic E-state index is 13.8. The summed E-state index contributed by atoms with van der Waals surface area (Å²) in [5, 5.41) is 5.30. The van der Waals surface area contributed by atoms with Crippen molar-refractivity contribution in [1.82, 2.24) is 4.98 Å². The van der Waals surface area contributed by atoms with E-state index in [9.17, 15) is 14.0 Å². The van der Waals surface area contributed by atoms with Crippen molar-refractivity contribution in [3.8, 4) is 0 Å². The van der Waals surface area contributed by atoms with Crippen molar-refractivity contribution >= 4 is 34.8 Å². The molecule has 0 saturated carbocycles. The first-order chi connectivity index (χ1) is 12.5. The lowest BCUT2D eigenvalue weighted by molar-refractivity contribution is 0.101. The van der Waals surface area contributed by atoms with Crippen molar-refractivity contribution in [2.45, 2.75) is 0 Å². The van der Waals surface area contributed by atoms with Crippen LogP contribution in [-0.2, 0) is 0 Å².